The molecule has 0 aromatic heterocycles. The van der Waals surface area contributed by atoms with E-state index in [1.54, 1.807) is 0 Å². The van der Waals surface area contributed by atoms with Crippen LogP contribution in [-0.4, -0.2) is 6.41 Å². The highest BCUT2D eigenvalue weighted by molar-refractivity contribution is 5.43. The molecule has 4 heavy (non-hydrogen) atoms. The van der Waals surface area contributed by atoms with E-state index in [0.717, 1.165) is 6.41 Å². The van der Waals surface area contributed by atoms with Crippen molar-refractivity contribution in [2.45, 2.75) is 0 Å². The monoisotopic (exact) mass is 62.0 g/mol. The maximum atomic E-state index is 8.46. The molecule has 3 heteroatoms. The number of quaternary nitrogens is 1. The van der Waals surface area contributed by atoms with Gasteiger partial charge in [0.05, 0.1) is 0 Å². The summed E-state index contributed by atoms with van der Waals surface area (Å²) in [5.41, 5.74) is 4.04. The predicted molar refractivity (Wildman–Crippen MR) is 15.9 cm³/mol. The second-order valence-corrected chi connectivity index (χ2v) is 0.118. The molecule has 3 nitrogen and oxygen atoms in total. The molecule has 6 N–H and O–H groups in total. The van der Waals surface area contributed by atoms with Gasteiger partial charge >= 0.3 is 0 Å². The van der Waals surface area contributed by atoms with Crippen molar-refractivity contribution in [1.29, 1.82) is 0 Å². The summed E-state index contributed by atoms with van der Waals surface area (Å²) in [7, 11) is 0. The zero-order valence-corrected chi connectivity index (χ0v) is 2.49. The van der Waals surface area contributed by atoms with Gasteiger partial charge in [-0.05, 0) is 0 Å². The summed E-state index contributed by atoms with van der Waals surface area (Å²) in [6, 6.07) is 0. The SMILES string of the molecule is N[C-]=O.[NH4+]. The van der Waals surface area contributed by atoms with E-state index >= 15 is 0 Å². The average molecular weight is 62.1 g/mol. The van der Waals surface area contributed by atoms with Gasteiger partial charge in [-0.1, -0.05) is 0 Å². The highest BCUT2D eigenvalue weighted by atomic mass is 16.1. The van der Waals surface area contributed by atoms with Crippen LogP contribution in [0.4, 0.5) is 0 Å². The fourth-order valence-electron chi connectivity index (χ4n) is 0. The Morgan fingerprint density at radius 2 is 1.75 bits per heavy atom. The highest BCUT2D eigenvalue weighted by Crippen LogP contribution is 0.809. The molecule has 0 bridgehead atoms. The molecule has 0 saturated heterocycles. The van der Waals surface area contributed by atoms with Crippen LogP contribution in [-0.2, 0) is 4.79 Å². The molecule has 0 spiro atoms. The summed E-state index contributed by atoms with van der Waals surface area (Å²) < 4.78 is 0. The molecule has 0 aliphatic rings. The van der Waals surface area contributed by atoms with E-state index in [1.165, 1.54) is 0 Å². The average Bonchev–Trinajstić information content (AvgIpc) is 0.918. The van der Waals surface area contributed by atoms with Crippen LogP contribution in [0.2, 0.25) is 0 Å². The fourth-order valence-corrected chi connectivity index (χ4v) is 0. The van der Waals surface area contributed by atoms with E-state index in [4.69, 9.17) is 4.79 Å². The molecule has 0 unspecified atom stereocenters. The smallest absolute Gasteiger partial charge is 0.172 e. The van der Waals surface area contributed by atoms with Gasteiger partial charge < -0.3 is 16.7 Å². The lowest BCUT2D eigenvalue weighted by Crippen LogP contribution is -1.82. The summed E-state index contributed by atoms with van der Waals surface area (Å²) in [5, 5.41) is 0. The van der Waals surface area contributed by atoms with Crippen LogP contribution in [0.3, 0.4) is 0 Å². The van der Waals surface area contributed by atoms with Crippen LogP contribution < -0.4 is 11.9 Å². The number of primary amides is 1. The molecule has 0 aliphatic carbocycles. The minimum Gasteiger partial charge on any atom is -0.543 e. The van der Waals surface area contributed by atoms with E-state index in [1.807, 2.05) is 0 Å². The minimum absolute atomic E-state index is 0. The first-order valence-electron chi connectivity index (χ1n) is 0.493. The fraction of sp³-hybridized carbons (Fsp3) is 0. The quantitative estimate of drug-likeness (QED) is 0.285. The van der Waals surface area contributed by atoms with Gasteiger partial charge in [0.1, 0.15) is 0 Å². The predicted octanol–water partition coefficient (Wildman–Crippen LogP) is -0.612. The highest BCUT2D eigenvalue weighted by Gasteiger charge is 0.885. The summed E-state index contributed by atoms with van der Waals surface area (Å²) in [5.74, 6) is 0. The Bertz CT molecular complexity index is 13.5. The van der Waals surface area contributed by atoms with Crippen LogP contribution in [0.5, 0.6) is 0 Å². The van der Waals surface area contributed by atoms with E-state index in [-0.39, 0.29) is 6.15 Å². The Hall–Kier alpha value is -0.570. The Balaban J connectivity index is 0. The normalized spacial score (nSPS) is 3.00. The largest absolute Gasteiger partial charge is 0.543 e. The first kappa shape index (κ1) is 9.90. The van der Waals surface area contributed by atoms with Gasteiger partial charge in [-0.2, -0.15) is 6.41 Å². The number of amides is 1. The molecule has 0 aromatic rings. The van der Waals surface area contributed by atoms with Crippen molar-refractivity contribution in [3.05, 3.63) is 0 Å². The van der Waals surface area contributed by atoms with Crippen LogP contribution in [0, 0.1) is 0 Å². The molecule has 1 amide bonds. The summed E-state index contributed by atoms with van der Waals surface area (Å²) in [6.07, 6.45) is 1.00. The van der Waals surface area contributed by atoms with Crippen LogP contribution in [0.25, 0.3) is 0 Å². The number of hydrogen-bond acceptors (Lipinski definition) is 1. The van der Waals surface area contributed by atoms with Gasteiger partial charge in [0.2, 0.25) is 0 Å². The Labute approximate surface area is 24.4 Å². The van der Waals surface area contributed by atoms with Gasteiger partial charge in [-0.15, -0.1) is 0 Å². The number of carbonyl (C=O) groups excluding carboxylic acids is 1. The minimum atomic E-state index is 0. The Morgan fingerprint density at radius 3 is 1.75 bits per heavy atom. The molecule has 0 radical (unpaired) electrons. The third-order valence-corrected chi connectivity index (χ3v) is 0. The molecular weight excluding hydrogens is 56.0 g/mol. The Kier molecular flexibility index (Phi) is 66.5. The molecule has 0 aromatic carbocycles. The lowest BCUT2D eigenvalue weighted by molar-refractivity contribution is 0.557. The number of nitrogens with two attached hydrogens (primary N) is 1. The lowest BCUT2D eigenvalue weighted by Gasteiger charge is -1.59. The van der Waals surface area contributed by atoms with Crippen LogP contribution in [0.1, 0.15) is 0 Å². The van der Waals surface area contributed by atoms with Gasteiger partial charge in [-0.3, -0.25) is 0 Å². The van der Waals surface area contributed by atoms with Gasteiger partial charge in [-0.25, -0.2) is 0 Å². The van der Waals surface area contributed by atoms with E-state index in [2.05, 4.69) is 5.73 Å². The molecule has 0 saturated carbocycles. The summed E-state index contributed by atoms with van der Waals surface area (Å²) in [4.78, 5) is 8.46. The van der Waals surface area contributed by atoms with Crippen LogP contribution >= 0.6 is 0 Å². The van der Waals surface area contributed by atoms with Crippen molar-refractivity contribution >= 4 is 6.41 Å². The van der Waals surface area contributed by atoms with E-state index < -0.39 is 0 Å². The number of hydrogen-bond donors (Lipinski definition) is 2. The molecule has 0 rings (SSSR count). The van der Waals surface area contributed by atoms with Crippen molar-refractivity contribution in [3.8, 4) is 0 Å². The van der Waals surface area contributed by atoms with Crippen molar-refractivity contribution < 1.29 is 4.79 Å². The van der Waals surface area contributed by atoms with E-state index in [0.29, 0.717) is 0 Å². The topological polar surface area (TPSA) is 79.6 Å². The molecule has 0 fully saturated rings. The summed E-state index contributed by atoms with van der Waals surface area (Å²) in [6.45, 7) is 0. The molecule has 0 atom stereocenters. The molecule has 26 valence electrons. The second kappa shape index (κ2) is 26.9. The van der Waals surface area contributed by atoms with Gasteiger partial charge in [0.25, 0.3) is 0 Å². The number of rotatable bonds is 0. The Morgan fingerprint density at radius 1 is 1.75 bits per heavy atom. The second-order valence-electron chi connectivity index (χ2n) is 0.118. The maximum absolute atomic E-state index is 8.46. The first-order chi connectivity index (χ1) is 1.41. The third kappa shape index (κ3) is 0.814. The summed E-state index contributed by atoms with van der Waals surface area (Å²) >= 11 is 0. The molecule has 0 aliphatic heterocycles. The molecule has 0 heterocycles. The van der Waals surface area contributed by atoms with Crippen LogP contribution in [0.15, 0.2) is 0 Å². The zero-order chi connectivity index (χ0) is 2.71. The zero-order valence-electron chi connectivity index (χ0n) is 2.49. The van der Waals surface area contributed by atoms with Gasteiger partial charge in [0, 0.05) is 0 Å². The third-order valence-electron chi connectivity index (χ3n) is 0. The maximum Gasteiger partial charge on any atom is -0.172 e. The first-order valence-corrected chi connectivity index (χ1v) is 0.493. The van der Waals surface area contributed by atoms with Crippen molar-refractivity contribution in [2.24, 2.45) is 5.73 Å². The van der Waals surface area contributed by atoms with Crippen molar-refractivity contribution in [2.75, 3.05) is 0 Å². The van der Waals surface area contributed by atoms with Gasteiger partial charge in [0.15, 0.2) is 0 Å². The standard InChI is InChI=1S/CH2NO.H3N/c2-1-3;/h(H2,2,3);1H3/q-1;/p+1. The van der Waals surface area contributed by atoms with E-state index in [9.17, 15) is 0 Å². The lowest BCUT2D eigenvalue weighted by atomic mass is 11.5. The molecular formula is CH6N2O. The van der Waals surface area contributed by atoms with Crippen molar-refractivity contribution in [3.63, 3.8) is 0 Å². The van der Waals surface area contributed by atoms with Crippen molar-refractivity contribution in [1.82, 2.24) is 6.15 Å².